The molecule has 2 rings (SSSR count). The lowest BCUT2D eigenvalue weighted by molar-refractivity contribution is -0.154. The Morgan fingerprint density at radius 2 is 1.81 bits per heavy atom. The Morgan fingerprint density at radius 3 is 2.29 bits per heavy atom. The first-order valence-corrected chi connectivity index (χ1v) is 8.43. The number of carboxylic acids is 1. The Balaban J connectivity index is 2.13. The van der Waals surface area contributed by atoms with Crippen molar-refractivity contribution < 1.29 is 14.6 Å². The quantitative estimate of drug-likeness (QED) is 0.826. The SMILES string of the molecule is CCC1C2CC(CC2C(C)(C)OCC(=O)O)C1C(C)(C)C. The summed E-state index contributed by atoms with van der Waals surface area (Å²) in [6, 6.07) is 0. The zero-order chi connectivity index (χ0) is 16.0. The highest BCUT2D eigenvalue weighted by Gasteiger charge is 2.58. The molecule has 0 radical (unpaired) electrons. The van der Waals surface area contributed by atoms with E-state index in [1.807, 2.05) is 0 Å². The van der Waals surface area contributed by atoms with E-state index in [2.05, 4.69) is 41.5 Å². The molecule has 0 amide bonds. The van der Waals surface area contributed by atoms with E-state index in [1.54, 1.807) is 0 Å². The van der Waals surface area contributed by atoms with Crippen molar-refractivity contribution in [2.45, 2.75) is 66.4 Å². The number of rotatable bonds is 5. The van der Waals surface area contributed by atoms with Crippen molar-refractivity contribution >= 4 is 5.97 Å². The van der Waals surface area contributed by atoms with E-state index in [4.69, 9.17) is 9.84 Å². The van der Waals surface area contributed by atoms with Gasteiger partial charge in [0.05, 0.1) is 5.60 Å². The molecule has 3 nitrogen and oxygen atoms in total. The third kappa shape index (κ3) is 3.13. The largest absolute Gasteiger partial charge is 0.480 e. The van der Waals surface area contributed by atoms with E-state index in [-0.39, 0.29) is 12.2 Å². The van der Waals surface area contributed by atoms with Gasteiger partial charge >= 0.3 is 5.97 Å². The minimum Gasteiger partial charge on any atom is -0.480 e. The predicted octanol–water partition coefficient (Wildman–Crippen LogP) is 4.21. The molecular weight excluding hydrogens is 264 g/mol. The minimum absolute atomic E-state index is 0.180. The molecule has 0 aromatic rings. The number of hydrogen-bond donors (Lipinski definition) is 1. The van der Waals surface area contributed by atoms with E-state index < -0.39 is 5.97 Å². The highest BCUT2D eigenvalue weighted by atomic mass is 16.5. The van der Waals surface area contributed by atoms with Crippen LogP contribution in [-0.4, -0.2) is 23.3 Å². The summed E-state index contributed by atoms with van der Waals surface area (Å²) in [7, 11) is 0. The normalized spacial score (nSPS) is 36.2. The third-order valence-corrected chi connectivity index (χ3v) is 6.10. The summed E-state index contributed by atoms with van der Waals surface area (Å²) in [6.07, 6.45) is 3.75. The molecule has 0 aliphatic heterocycles. The Kier molecular flexibility index (Phi) is 4.45. The maximum Gasteiger partial charge on any atom is 0.329 e. The second-order valence-corrected chi connectivity index (χ2v) is 8.75. The Morgan fingerprint density at radius 1 is 1.19 bits per heavy atom. The molecule has 3 heteroatoms. The molecule has 2 bridgehead atoms. The van der Waals surface area contributed by atoms with E-state index in [1.165, 1.54) is 19.3 Å². The van der Waals surface area contributed by atoms with Gasteiger partial charge in [-0.1, -0.05) is 34.1 Å². The van der Waals surface area contributed by atoms with Crippen LogP contribution in [-0.2, 0) is 9.53 Å². The molecule has 2 aliphatic carbocycles. The van der Waals surface area contributed by atoms with Gasteiger partial charge in [-0.2, -0.15) is 0 Å². The molecule has 21 heavy (non-hydrogen) atoms. The van der Waals surface area contributed by atoms with Crippen LogP contribution in [0.1, 0.15) is 60.8 Å². The van der Waals surface area contributed by atoms with Crippen LogP contribution in [0.15, 0.2) is 0 Å². The standard InChI is InChI=1S/C18H32O3/c1-7-12-13-8-11(16(12)17(2,3)4)9-14(13)18(5,6)21-10-15(19)20/h11-14,16H,7-10H2,1-6H3,(H,19,20). The second-order valence-electron chi connectivity index (χ2n) is 8.75. The van der Waals surface area contributed by atoms with Crippen LogP contribution in [0, 0.1) is 35.0 Å². The summed E-state index contributed by atoms with van der Waals surface area (Å²) in [6.45, 7) is 13.4. The first-order valence-electron chi connectivity index (χ1n) is 8.43. The van der Waals surface area contributed by atoms with Gasteiger partial charge in [0.1, 0.15) is 6.61 Å². The van der Waals surface area contributed by atoms with Crippen molar-refractivity contribution in [1.82, 2.24) is 0 Å². The summed E-state index contributed by atoms with van der Waals surface area (Å²) in [5.74, 6) is 2.70. The highest BCUT2D eigenvalue weighted by Crippen LogP contribution is 2.63. The Labute approximate surface area is 129 Å². The molecule has 1 N–H and O–H groups in total. The second kappa shape index (κ2) is 5.57. The topological polar surface area (TPSA) is 46.5 Å². The molecule has 2 saturated carbocycles. The summed E-state index contributed by atoms with van der Waals surface area (Å²) in [4.78, 5) is 10.8. The van der Waals surface area contributed by atoms with Crippen LogP contribution in [0.4, 0.5) is 0 Å². The molecule has 0 heterocycles. The van der Waals surface area contributed by atoms with Crippen molar-refractivity contribution in [2.75, 3.05) is 6.61 Å². The van der Waals surface area contributed by atoms with Gasteiger partial charge in [0.15, 0.2) is 0 Å². The van der Waals surface area contributed by atoms with Gasteiger partial charge in [-0.25, -0.2) is 4.79 Å². The highest BCUT2D eigenvalue weighted by molar-refractivity contribution is 5.68. The van der Waals surface area contributed by atoms with Crippen molar-refractivity contribution in [3.8, 4) is 0 Å². The van der Waals surface area contributed by atoms with Gasteiger partial charge in [0.25, 0.3) is 0 Å². The number of aliphatic carboxylic acids is 1. The first-order chi connectivity index (χ1) is 9.58. The van der Waals surface area contributed by atoms with Crippen molar-refractivity contribution in [2.24, 2.45) is 35.0 Å². The van der Waals surface area contributed by atoms with E-state index in [9.17, 15) is 4.79 Å². The lowest BCUT2D eigenvalue weighted by atomic mass is 9.61. The fourth-order valence-electron chi connectivity index (χ4n) is 5.55. The molecule has 0 aromatic carbocycles. The average Bonchev–Trinajstić information content (AvgIpc) is 2.92. The third-order valence-electron chi connectivity index (χ3n) is 6.10. The van der Waals surface area contributed by atoms with Crippen molar-refractivity contribution in [1.29, 1.82) is 0 Å². The lowest BCUT2D eigenvalue weighted by Crippen LogP contribution is -2.45. The number of carbonyl (C=O) groups is 1. The van der Waals surface area contributed by atoms with E-state index in [0.29, 0.717) is 17.3 Å². The molecule has 0 spiro atoms. The predicted molar refractivity (Wildman–Crippen MR) is 84.1 cm³/mol. The van der Waals surface area contributed by atoms with E-state index in [0.717, 1.165) is 17.8 Å². The Bertz CT molecular complexity index is 394. The van der Waals surface area contributed by atoms with Gasteiger partial charge < -0.3 is 9.84 Å². The van der Waals surface area contributed by atoms with Gasteiger partial charge in [-0.15, -0.1) is 0 Å². The maximum atomic E-state index is 10.8. The van der Waals surface area contributed by atoms with Crippen molar-refractivity contribution in [3.63, 3.8) is 0 Å². The molecule has 2 aliphatic rings. The van der Waals surface area contributed by atoms with Gasteiger partial charge in [-0.05, 0) is 61.7 Å². The minimum atomic E-state index is -0.870. The smallest absolute Gasteiger partial charge is 0.329 e. The van der Waals surface area contributed by atoms with Crippen LogP contribution < -0.4 is 0 Å². The van der Waals surface area contributed by atoms with Crippen molar-refractivity contribution in [3.05, 3.63) is 0 Å². The van der Waals surface area contributed by atoms with Gasteiger partial charge in [0, 0.05) is 0 Å². The molecule has 5 atom stereocenters. The lowest BCUT2D eigenvalue weighted by Gasteiger charge is -2.46. The van der Waals surface area contributed by atoms with Crippen LogP contribution in [0.3, 0.4) is 0 Å². The first kappa shape index (κ1) is 16.8. The summed E-state index contributed by atoms with van der Waals surface area (Å²) < 4.78 is 5.74. The molecular formula is C18H32O3. The van der Waals surface area contributed by atoms with Gasteiger partial charge in [0.2, 0.25) is 0 Å². The number of ether oxygens (including phenoxy) is 1. The zero-order valence-corrected chi connectivity index (χ0v) is 14.5. The number of fused-ring (bicyclic) bond motifs is 2. The molecule has 2 fully saturated rings. The number of hydrogen-bond acceptors (Lipinski definition) is 2. The van der Waals surface area contributed by atoms with Crippen LogP contribution >= 0.6 is 0 Å². The fourth-order valence-corrected chi connectivity index (χ4v) is 5.55. The Hall–Kier alpha value is -0.570. The zero-order valence-electron chi connectivity index (χ0n) is 14.5. The summed E-state index contributed by atoms with van der Waals surface area (Å²) in [5, 5.41) is 8.87. The van der Waals surface area contributed by atoms with Crippen LogP contribution in [0.25, 0.3) is 0 Å². The number of carboxylic acid groups (broad SMARTS) is 1. The van der Waals surface area contributed by atoms with E-state index >= 15 is 0 Å². The van der Waals surface area contributed by atoms with Gasteiger partial charge in [-0.3, -0.25) is 0 Å². The summed E-state index contributed by atoms with van der Waals surface area (Å²) in [5.41, 5.74) is 0.0468. The van der Waals surface area contributed by atoms with Crippen LogP contribution in [0.2, 0.25) is 0 Å². The molecule has 0 saturated heterocycles. The average molecular weight is 296 g/mol. The molecule has 5 unspecified atom stereocenters. The fraction of sp³-hybridized carbons (Fsp3) is 0.944. The summed E-state index contributed by atoms with van der Waals surface area (Å²) >= 11 is 0. The molecule has 122 valence electrons. The van der Waals surface area contributed by atoms with Crippen LogP contribution in [0.5, 0.6) is 0 Å². The molecule has 0 aromatic heterocycles. The monoisotopic (exact) mass is 296 g/mol. The maximum absolute atomic E-state index is 10.8.